The number of fused-ring (bicyclic) bond motifs is 1. The molecule has 1 amide bonds. The number of aromatic amines is 1. The number of likely N-dealkylation sites (tertiary alicyclic amines) is 1. The van der Waals surface area contributed by atoms with Crippen LogP contribution in [0.3, 0.4) is 0 Å². The van der Waals surface area contributed by atoms with Gasteiger partial charge in [0.05, 0.1) is 23.8 Å². The van der Waals surface area contributed by atoms with Gasteiger partial charge in [-0.15, -0.1) is 0 Å². The molecule has 8 heteroatoms. The molecule has 1 saturated heterocycles. The Bertz CT molecular complexity index is 1110. The normalized spacial score (nSPS) is 14.6. The van der Waals surface area contributed by atoms with Crippen LogP contribution in [0.15, 0.2) is 41.6 Å². The lowest BCUT2D eigenvalue weighted by Crippen LogP contribution is -2.29. The topological polar surface area (TPSA) is 101 Å². The number of benzene rings is 2. The van der Waals surface area contributed by atoms with E-state index in [1.165, 1.54) is 38.1 Å². The van der Waals surface area contributed by atoms with Gasteiger partial charge in [-0.25, -0.2) is 9.78 Å². The van der Waals surface area contributed by atoms with Crippen LogP contribution in [0.25, 0.3) is 11.0 Å². The maximum absolute atomic E-state index is 12.4. The number of carbonyl (C=O) groups excluding carboxylic acids is 2. The number of amides is 1. The molecule has 31 heavy (non-hydrogen) atoms. The lowest BCUT2D eigenvalue weighted by molar-refractivity contribution is 0.0599. The molecule has 162 valence electrons. The Hall–Kier alpha value is -2.84. The summed E-state index contributed by atoms with van der Waals surface area (Å²) in [6.07, 6.45) is 3.75. The largest absolute Gasteiger partial charge is 0.465 e. The SMILES string of the molecule is COC(=O)c1cc(CN2CCCCC2)ccc1CSc1nc2c(C(N)=O)cccc2[nH]1. The van der Waals surface area contributed by atoms with Crippen molar-refractivity contribution in [3.8, 4) is 0 Å². The maximum Gasteiger partial charge on any atom is 0.338 e. The third kappa shape index (κ3) is 4.91. The predicted octanol–water partition coefficient (Wildman–Crippen LogP) is 3.73. The second-order valence-corrected chi connectivity index (χ2v) is 8.68. The first-order valence-corrected chi connectivity index (χ1v) is 11.4. The Balaban J connectivity index is 1.53. The lowest BCUT2D eigenvalue weighted by Gasteiger charge is -2.26. The zero-order valence-corrected chi connectivity index (χ0v) is 18.3. The van der Waals surface area contributed by atoms with Gasteiger partial charge in [-0.1, -0.05) is 36.4 Å². The number of nitrogens with one attached hydrogen (secondary N) is 1. The number of imidazole rings is 1. The molecule has 3 aromatic rings. The van der Waals surface area contributed by atoms with Crippen LogP contribution in [0, 0.1) is 0 Å². The number of piperidine rings is 1. The standard InChI is InChI=1S/C23H26N4O3S/c1-30-22(29)18-12-15(13-27-10-3-2-4-11-27)8-9-16(18)14-31-23-25-19-7-5-6-17(21(24)28)20(19)26-23/h5-9,12H,2-4,10-11,13-14H2,1H3,(H2,24,28)(H,25,26). The van der Waals surface area contributed by atoms with E-state index < -0.39 is 5.91 Å². The van der Waals surface area contributed by atoms with Crippen molar-refractivity contribution in [2.45, 2.75) is 36.7 Å². The molecule has 1 aromatic heterocycles. The van der Waals surface area contributed by atoms with Crippen molar-refractivity contribution in [3.05, 3.63) is 58.7 Å². The zero-order valence-electron chi connectivity index (χ0n) is 17.5. The van der Waals surface area contributed by atoms with Gasteiger partial charge < -0.3 is 15.5 Å². The van der Waals surface area contributed by atoms with E-state index >= 15 is 0 Å². The van der Waals surface area contributed by atoms with Gasteiger partial charge in [0, 0.05) is 12.3 Å². The quantitative estimate of drug-likeness (QED) is 0.431. The van der Waals surface area contributed by atoms with E-state index in [0.29, 0.717) is 27.6 Å². The van der Waals surface area contributed by atoms with Gasteiger partial charge in [0.2, 0.25) is 0 Å². The van der Waals surface area contributed by atoms with Crippen molar-refractivity contribution in [1.82, 2.24) is 14.9 Å². The van der Waals surface area contributed by atoms with Gasteiger partial charge >= 0.3 is 5.97 Å². The van der Waals surface area contributed by atoms with E-state index in [-0.39, 0.29) is 5.97 Å². The number of ether oxygens (including phenoxy) is 1. The van der Waals surface area contributed by atoms with E-state index in [1.807, 2.05) is 18.2 Å². The van der Waals surface area contributed by atoms with Crippen LogP contribution in [-0.4, -0.2) is 46.9 Å². The minimum Gasteiger partial charge on any atom is -0.465 e. The summed E-state index contributed by atoms with van der Waals surface area (Å²) in [6.45, 7) is 3.05. The van der Waals surface area contributed by atoms with Crippen LogP contribution in [-0.2, 0) is 17.0 Å². The number of hydrogen-bond donors (Lipinski definition) is 2. The summed E-state index contributed by atoms with van der Waals surface area (Å²) in [6, 6.07) is 11.3. The average Bonchev–Trinajstić information content (AvgIpc) is 3.21. The first kappa shape index (κ1) is 21.4. The summed E-state index contributed by atoms with van der Waals surface area (Å²) >= 11 is 1.47. The monoisotopic (exact) mass is 438 g/mol. The van der Waals surface area contributed by atoms with Gasteiger partial charge in [0.1, 0.15) is 5.52 Å². The number of aromatic nitrogens is 2. The molecule has 0 saturated carbocycles. The molecule has 0 atom stereocenters. The molecule has 0 bridgehead atoms. The second-order valence-electron chi connectivity index (χ2n) is 7.72. The molecule has 1 aliphatic heterocycles. The van der Waals surface area contributed by atoms with Crippen LogP contribution in [0.5, 0.6) is 0 Å². The molecule has 0 spiro atoms. The van der Waals surface area contributed by atoms with E-state index in [2.05, 4.69) is 20.9 Å². The fourth-order valence-electron chi connectivity index (χ4n) is 3.95. The molecule has 2 aromatic carbocycles. The van der Waals surface area contributed by atoms with Crippen LogP contribution in [0.4, 0.5) is 0 Å². The van der Waals surface area contributed by atoms with Crippen LogP contribution in [0.2, 0.25) is 0 Å². The molecule has 3 N–H and O–H groups in total. The van der Waals surface area contributed by atoms with E-state index in [1.54, 1.807) is 12.1 Å². The smallest absolute Gasteiger partial charge is 0.338 e. The number of H-pyrrole nitrogens is 1. The lowest BCUT2D eigenvalue weighted by atomic mass is 10.0. The van der Waals surface area contributed by atoms with Crippen molar-refractivity contribution in [1.29, 1.82) is 0 Å². The minimum absolute atomic E-state index is 0.336. The first-order chi connectivity index (χ1) is 15.0. The van der Waals surface area contributed by atoms with Gasteiger partial charge in [-0.05, 0) is 55.3 Å². The number of rotatable bonds is 7. The Kier molecular flexibility index (Phi) is 6.58. The fraction of sp³-hybridized carbons (Fsp3) is 0.348. The highest BCUT2D eigenvalue weighted by Crippen LogP contribution is 2.27. The molecule has 0 unspecified atom stereocenters. The molecule has 1 aliphatic rings. The Morgan fingerprint density at radius 1 is 1.16 bits per heavy atom. The number of methoxy groups -OCH3 is 1. The molecule has 0 aliphatic carbocycles. The van der Waals surface area contributed by atoms with Crippen LogP contribution < -0.4 is 5.73 Å². The molecular formula is C23H26N4O3S. The molecule has 4 rings (SSSR count). The number of nitrogens with zero attached hydrogens (tertiary/aromatic N) is 2. The van der Waals surface area contributed by atoms with Crippen LogP contribution >= 0.6 is 11.8 Å². The van der Waals surface area contributed by atoms with E-state index in [0.717, 1.165) is 36.3 Å². The van der Waals surface area contributed by atoms with Crippen molar-refractivity contribution >= 4 is 34.7 Å². The molecule has 0 radical (unpaired) electrons. The third-order valence-electron chi connectivity index (χ3n) is 5.56. The Morgan fingerprint density at radius 3 is 2.71 bits per heavy atom. The van der Waals surface area contributed by atoms with Crippen molar-refractivity contribution in [2.24, 2.45) is 5.73 Å². The maximum atomic E-state index is 12.4. The zero-order chi connectivity index (χ0) is 21.8. The minimum atomic E-state index is -0.508. The van der Waals surface area contributed by atoms with Crippen LogP contribution in [0.1, 0.15) is 51.1 Å². The predicted molar refractivity (Wildman–Crippen MR) is 121 cm³/mol. The van der Waals surface area contributed by atoms with E-state index in [4.69, 9.17) is 10.5 Å². The molecular weight excluding hydrogens is 412 g/mol. The summed E-state index contributed by atoms with van der Waals surface area (Å²) in [4.78, 5) is 34.2. The summed E-state index contributed by atoms with van der Waals surface area (Å²) in [5.74, 6) is -0.303. The summed E-state index contributed by atoms with van der Waals surface area (Å²) in [7, 11) is 1.40. The number of hydrogen-bond acceptors (Lipinski definition) is 6. The number of primary amides is 1. The molecule has 7 nitrogen and oxygen atoms in total. The highest BCUT2D eigenvalue weighted by Gasteiger charge is 2.17. The van der Waals surface area contributed by atoms with Crippen molar-refractivity contribution < 1.29 is 14.3 Å². The molecule has 2 heterocycles. The summed E-state index contributed by atoms with van der Waals surface area (Å²) in [5.41, 5.74) is 9.73. The number of esters is 1. The van der Waals surface area contributed by atoms with Gasteiger partial charge in [-0.3, -0.25) is 9.69 Å². The summed E-state index contributed by atoms with van der Waals surface area (Å²) in [5, 5.41) is 0.664. The van der Waals surface area contributed by atoms with Crippen molar-refractivity contribution in [2.75, 3.05) is 20.2 Å². The fourth-order valence-corrected chi connectivity index (χ4v) is 4.83. The third-order valence-corrected chi connectivity index (χ3v) is 6.48. The highest BCUT2D eigenvalue weighted by atomic mass is 32.2. The van der Waals surface area contributed by atoms with Crippen molar-refractivity contribution in [3.63, 3.8) is 0 Å². The highest BCUT2D eigenvalue weighted by molar-refractivity contribution is 7.98. The Morgan fingerprint density at radius 2 is 1.97 bits per heavy atom. The first-order valence-electron chi connectivity index (χ1n) is 10.4. The molecule has 1 fully saturated rings. The average molecular weight is 439 g/mol. The second kappa shape index (κ2) is 9.53. The number of carbonyl (C=O) groups is 2. The summed E-state index contributed by atoms with van der Waals surface area (Å²) < 4.78 is 5.03. The number of para-hydroxylation sites is 1. The number of thioether (sulfide) groups is 1. The van der Waals surface area contributed by atoms with Gasteiger partial charge in [0.25, 0.3) is 5.91 Å². The van der Waals surface area contributed by atoms with Gasteiger partial charge in [-0.2, -0.15) is 0 Å². The van der Waals surface area contributed by atoms with Gasteiger partial charge in [0.15, 0.2) is 5.16 Å². The Labute approximate surface area is 185 Å². The number of nitrogens with two attached hydrogens (primary N) is 1. The van der Waals surface area contributed by atoms with E-state index in [9.17, 15) is 9.59 Å².